The van der Waals surface area contributed by atoms with Crippen LogP contribution in [0.1, 0.15) is 0 Å². The molecule has 2 aromatic carbocycles. The Morgan fingerprint density at radius 1 is 1.06 bits per heavy atom. The van der Waals surface area contributed by atoms with Crippen LogP contribution in [0, 0.1) is 0 Å². The molecule has 1 amide bonds. The molecule has 4 rings (SSSR count). The number of ether oxygens (including phenoxy) is 1. The van der Waals surface area contributed by atoms with Gasteiger partial charge in [-0.25, -0.2) is 13.9 Å². The molecule has 2 unspecified atom stereocenters. The van der Waals surface area contributed by atoms with Crippen LogP contribution in [0.15, 0.2) is 76.4 Å². The molecule has 1 aromatic heterocycles. The minimum absolute atomic E-state index is 0.0760. The molecule has 8 nitrogen and oxygen atoms in total. The standard InChI is InChI=1S/C21H20N2O6S2/c24-20(23-25)19-21(30-12-10-22-19)31(26,27)18-7-5-17(6-8-18)29-16-3-1-14(2-4-16)15-9-11-28-13-15/h1-9,11,13,19,21-22,25H,10,12H2,(H,23,24). The lowest BCUT2D eigenvalue weighted by molar-refractivity contribution is -0.131. The van der Waals surface area contributed by atoms with Crippen molar-refractivity contribution in [2.75, 3.05) is 12.3 Å². The van der Waals surface area contributed by atoms with Gasteiger partial charge >= 0.3 is 0 Å². The fraction of sp³-hybridized carbons (Fsp3) is 0.190. The fourth-order valence-electron chi connectivity index (χ4n) is 3.25. The number of nitrogens with one attached hydrogen (secondary N) is 2. The number of hydrogen-bond donors (Lipinski definition) is 3. The van der Waals surface area contributed by atoms with E-state index < -0.39 is 26.4 Å². The highest BCUT2D eigenvalue weighted by Gasteiger charge is 2.41. The first kappa shape index (κ1) is 21.4. The summed E-state index contributed by atoms with van der Waals surface area (Å²) >= 11 is 1.16. The Balaban J connectivity index is 1.49. The molecule has 1 saturated heterocycles. The number of rotatable bonds is 6. The van der Waals surface area contributed by atoms with E-state index in [1.165, 1.54) is 17.6 Å². The Morgan fingerprint density at radius 3 is 2.35 bits per heavy atom. The van der Waals surface area contributed by atoms with Gasteiger partial charge in [0.05, 0.1) is 17.4 Å². The molecule has 10 heteroatoms. The van der Waals surface area contributed by atoms with Crippen molar-refractivity contribution in [3.63, 3.8) is 0 Å². The van der Waals surface area contributed by atoms with Gasteiger partial charge in [0.25, 0.3) is 5.91 Å². The van der Waals surface area contributed by atoms with Gasteiger partial charge in [-0.15, -0.1) is 11.8 Å². The van der Waals surface area contributed by atoms with Crippen molar-refractivity contribution in [3.05, 3.63) is 67.1 Å². The van der Waals surface area contributed by atoms with Crippen LogP contribution in [0.2, 0.25) is 0 Å². The number of carbonyl (C=O) groups is 1. The SMILES string of the molecule is O=C(NO)C1NCCSC1S(=O)(=O)c1ccc(Oc2ccc(-c3ccoc3)cc2)cc1. The van der Waals surface area contributed by atoms with Crippen LogP contribution < -0.4 is 15.5 Å². The van der Waals surface area contributed by atoms with Crippen molar-refractivity contribution in [3.8, 4) is 22.6 Å². The minimum atomic E-state index is -3.82. The topological polar surface area (TPSA) is 118 Å². The molecular formula is C21H20N2O6S2. The number of amides is 1. The molecule has 162 valence electrons. The number of carbonyl (C=O) groups excluding carboxylic acids is 1. The number of hydrogen-bond acceptors (Lipinski definition) is 8. The maximum Gasteiger partial charge on any atom is 0.262 e. The average Bonchev–Trinajstić information content (AvgIpc) is 3.34. The van der Waals surface area contributed by atoms with Gasteiger partial charge in [-0.2, -0.15) is 0 Å². The Kier molecular flexibility index (Phi) is 6.33. The van der Waals surface area contributed by atoms with Crippen LogP contribution in [-0.4, -0.2) is 42.5 Å². The molecule has 1 aliphatic rings. The molecule has 3 aromatic rings. The van der Waals surface area contributed by atoms with Crippen molar-refractivity contribution in [2.24, 2.45) is 0 Å². The highest BCUT2D eigenvalue weighted by atomic mass is 32.3. The van der Waals surface area contributed by atoms with Crippen molar-refractivity contribution in [1.29, 1.82) is 0 Å². The summed E-state index contributed by atoms with van der Waals surface area (Å²) in [5, 5.41) is 11.8. The molecule has 0 aliphatic carbocycles. The van der Waals surface area contributed by atoms with Crippen LogP contribution >= 0.6 is 11.8 Å². The summed E-state index contributed by atoms with van der Waals surface area (Å²) in [6, 6.07) is 14.3. The van der Waals surface area contributed by atoms with Crippen LogP contribution in [-0.2, 0) is 14.6 Å². The summed E-state index contributed by atoms with van der Waals surface area (Å²) in [7, 11) is -3.82. The van der Waals surface area contributed by atoms with E-state index in [-0.39, 0.29) is 4.90 Å². The lowest BCUT2D eigenvalue weighted by Gasteiger charge is -2.30. The van der Waals surface area contributed by atoms with Gasteiger partial charge in [0, 0.05) is 17.9 Å². The summed E-state index contributed by atoms with van der Waals surface area (Å²) in [5.74, 6) is 0.845. The zero-order valence-corrected chi connectivity index (χ0v) is 17.9. The highest BCUT2D eigenvalue weighted by Crippen LogP contribution is 2.32. The van der Waals surface area contributed by atoms with Crippen LogP contribution in [0.5, 0.6) is 11.5 Å². The maximum absolute atomic E-state index is 13.1. The third kappa shape index (κ3) is 4.62. The monoisotopic (exact) mass is 460 g/mol. The number of thioether (sulfide) groups is 1. The molecule has 31 heavy (non-hydrogen) atoms. The quantitative estimate of drug-likeness (QED) is 0.380. The second-order valence-corrected chi connectivity index (χ2v) is 10.4. The van der Waals surface area contributed by atoms with Crippen molar-refractivity contribution in [2.45, 2.75) is 15.5 Å². The smallest absolute Gasteiger partial charge is 0.262 e. The molecule has 0 saturated carbocycles. The Morgan fingerprint density at radius 2 is 1.74 bits per heavy atom. The average molecular weight is 461 g/mol. The summed E-state index contributed by atoms with van der Waals surface area (Å²) < 4.78 is 36.0. The van der Waals surface area contributed by atoms with Gasteiger partial charge in [0.2, 0.25) is 0 Å². The van der Waals surface area contributed by atoms with E-state index in [4.69, 9.17) is 14.4 Å². The van der Waals surface area contributed by atoms with Crippen molar-refractivity contribution < 1.29 is 27.6 Å². The summed E-state index contributed by atoms with van der Waals surface area (Å²) in [4.78, 5) is 12.0. The predicted molar refractivity (Wildman–Crippen MR) is 116 cm³/mol. The van der Waals surface area contributed by atoms with Gasteiger partial charge < -0.3 is 14.5 Å². The first-order valence-electron chi connectivity index (χ1n) is 9.42. The van der Waals surface area contributed by atoms with E-state index in [2.05, 4.69) is 5.32 Å². The van der Waals surface area contributed by atoms with Gasteiger partial charge in [0.1, 0.15) is 22.1 Å². The normalized spacial score (nSPS) is 19.0. The molecule has 1 fully saturated rings. The maximum atomic E-state index is 13.1. The van der Waals surface area contributed by atoms with Crippen molar-refractivity contribution in [1.82, 2.24) is 10.8 Å². The van der Waals surface area contributed by atoms with Gasteiger partial charge in [-0.3, -0.25) is 10.0 Å². The summed E-state index contributed by atoms with van der Waals surface area (Å²) in [5.41, 5.74) is 3.48. The van der Waals surface area contributed by atoms with E-state index in [0.29, 0.717) is 23.8 Å². The van der Waals surface area contributed by atoms with Crippen LogP contribution in [0.3, 0.4) is 0 Å². The van der Waals surface area contributed by atoms with Crippen LogP contribution in [0.4, 0.5) is 0 Å². The third-order valence-corrected chi connectivity index (χ3v) is 8.84. The summed E-state index contributed by atoms with van der Waals surface area (Å²) in [6.07, 6.45) is 3.26. The molecule has 0 bridgehead atoms. The van der Waals surface area contributed by atoms with E-state index in [9.17, 15) is 13.2 Å². The minimum Gasteiger partial charge on any atom is -0.472 e. The largest absolute Gasteiger partial charge is 0.472 e. The second-order valence-electron chi connectivity index (χ2n) is 6.80. The molecule has 2 atom stereocenters. The zero-order valence-electron chi connectivity index (χ0n) is 16.2. The third-order valence-electron chi connectivity index (χ3n) is 4.82. The Labute approximate surface area is 183 Å². The predicted octanol–water partition coefficient (Wildman–Crippen LogP) is 3.05. The number of furan rings is 1. The molecule has 0 spiro atoms. The van der Waals surface area contributed by atoms with Gasteiger partial charge in [-0.05, 0) is 48.0 Å². The second kappa shape index (κ2) is 9.15. The number of sulfone groups is 1. The highest BCUT2D eigenvalue weighted by molar-refractivity contribution is 8.13. The van der Waals surface area contributed by atoms with E-state index in [1.807, 2.05) is 30.3 Å². The molecule has 2 heterocycles. The number of benzene rings is 2. The van der Waals surface area contributed by atoms with Crippen LogP contribution in [0.25, 0.3) is 11.1 Å². The van der Waals surface area contributed by atoms with E-state index in [1.54, 1.807) is 24.7 Å². The zero-order chi connectivity index (χ0) is 21.8. The lowest BCUT2D eigenvalue weighted by atomic mass is 10.1. The molecule has 0 radical (unpaired) electrons. The summed E-state index contributed by atoms with van der Waals surface area (Å²) in [6.45, 7) is 0.473. The van der Waals surface area contributed by atoms with Gasteiger partial charge in [-0.1, -0.05) is 12.1 Å². The molecular weight excluding hydrogens is 440 g/mol. The number of hydroxylamine groups is 1. The first-order valence-corrected chi connectivity index (χ1v) is 12.0. The van der Waals surface area contributed by atoms with E-state index in [0.717, 1.165) is 22.9 Å². The first-order chi connectivity index (χ1) is 15.0. The Bertz CT molecular complexity index is 1130. The molecule has 3 N–H and O–H groups in total. The fourth-order valence-corrected chi connectivity index (χ4v) is 6.83. The lowest BCUT2D eigenvalue weighted by Crippen LogP contribution is -2.55. The Hall–Kier alpha value is -2.79. The van der Waals surface area contributed by atoms with Gasteiger partial charge in [0.15, 0.2) is 9.84 Å². The van der Waals surface area contributed by atoms with E-state index >= 15 is 0 Å². The van der Waals surface area contributed by atoms with Crippen molar-refractivity contribution >= 4 is 27.5 Å². The molecule has 1 aliphatic heterocycles.